The van der Waals surface area contributed by atoms with Crippen LogP contribution in [0.4, 0.5) is 0 Å². The Bertz CT molecular complexity index is 210. The molecule has 0 bridgehead atoms. The molecule has 0 aromatic rings. The maximum atomic E-state index is 6.07. The Morgan fingerprint density at radius 3 is 2.76 bits per heavy atom. The van der Waals surface area contributed by atoms with E-state index in [9.17, 15) is 0 Å². The molecule has 2 atom stereocenters. The molecule has 3 heteroatoms. The first-order valence-electron chi connectivity index (χ1n) is 7.07. The van der Waals surface area contributed by atoms with Crippen LogP contribution >= 0.6 is 0 Å². The Morgan fingerprint density at radius 1 is 1.47 bits per heavy atom. The molecule has 2 unspecified atom stereocenters. The molecule has 0 amide bonds. The molecule has 0 spiro atoms. The van der Waals surface area contributed by atoms with Crippen molar-refractivity contribution in [2.24, 2.45) is 17.1 Å². The number of ether oxygens (including phenoxy) is 1. The molecule has 2 N–H and O–H groups in total. The number of hydrogen-bond donors (Lipinski definition) is 1. The van der Waals surface area contributed by atoms with Gasteiger partial charge in [-0.15, -0.1) is 0 Å². The fourth-order valence-corrected chi connectivity index (χ4v) is 3.21. The molecule has 1 aliphatic rings. The van der Waals surface area contributed by atoms with E-state index in [-0.39, 0.29) is 0 Å². The highest BCUT2D eigenvalue weighted by Crippen LogP contribution is 2.39. The van der Waals surface area contributed by atoms with E-state index in [0.29, 0.717) is 5.41 Å². The van der Waals surface area contributed by atoms with E-state index < -0.39 is 0 Å². The fourth-order valence-electron chi connectivity index (χ4n) is 3.21. The number of hydrogen-bond acceptors (Lipinski definition) is 3. The zero-order valence-electron chi connectivity index (χ0n) is 11.9. The van der Waals surface area contributed by atoms with Crippen molar-refractivity contribution in [3.63, 3.8) is 0 Å². The fraction of sp³-hybridized carbons (Fsp3) is 1.00. The molecule has 0 aromatic heterocycles. The van der Waals surface area contributed by atoms with Crippen molar-refractivity contribution in [3.8, 4) is 0 Å². The number of nitrogens with zero attached hydrogens (tertiary/aromatic N) is 1. The van der Waals surface area contributed by atoms with Crippen LogP contribution < -0.4 is 5.73 Å². The average molecular weight is 242 g/mol. The van der Waals surface area contributed by atoms with Gasteiger partial charge in [0.25, 0.3) is 0 Å². The van der Waals surface area contributed by atoms with Crippen molar-refractivity contribution in [1.82, 2.24) is 4.90 Å². The van der Waals surface area contributed by atoms with Crippen molar-refractivity contribution >= 4 is 0 Å². The van der Waals surface area contributed by atoms with Gasteiger partial charge in [-0.1, -0.05) is 26.7 Å². The van der Waals surface area contributed by atoms with Gasteiger partial charge in [-0.05, 0) is 37.3 Å². The molecule has 102 valence electrons. The Morgan fingerprint density at radius 2 is 2.24 bits per heavy atom. The second-order valence-electron chi connectivity index (χ2n) is 5.77. The highest BCUT2D eigenvalue weighted by molar-refractivity contribution is 4.88. The van der Waals surface area contributed by atoms with Crippen LogP contribution in [0.3, 0.4) is 0 Å². The summed E-state index contributed by atoms with van der Waals surface area (Å²) in [4.78, 5) is 2.49. The van der Waals surface area contributed by atoms with Gasteiger partial charge in [0.05, 0.1) is 6.61 Å². The van der Waals surface area contributed by atoms with Crippen LogP contribution in [-0.2, 0) is 4.74 Å². The minimum atomic E-state index is 0.363. The van der Waals surface area contributed by atoms with Crippen LogP contribution in [0, 0.1) is 11.3 Å². The third-order valence-corrected chi connectivity index (χ3v) is 4.24. The molecule has 0 radical (unpaired) electrons. The smallest absolute Gasteiger partial charge is 0.0589 e. The highest BCUT2D eigenvalue weighted by Gasteiger charge is 2.34. The molecule has 1 aliphatic carbocycles. The summed E-state index contributed by atoms with van der Waals surface area (Å²) in [5.41, 5.74) is 6.44. The van der Waals surface area contributed by atoms with Crippen LogP contribution in [0.15, 0.2) is 0 Å². The van der Waals surface area contributed by atoms with Gasteiger partial charge >= 0.3 is 0 Å². The summed E-state index contributed by atoms with van der Waals surface area (Å²) in [6.45, 7) is 9.53. The maximum absolute atomic E-state index is 6.07. The van der Waals surface area contributed by atoms with Gasteiger partial charge in [0.2, 0.25) is 0 Å². The van der Waals surface area contributed by atoms with E-state index in [1.807, 2.05) is 0 Å². The zero-order chi connectivity index (χ0) is 12.7. The van der Waals surface area contributed by atoms with E-state index in [4.69, 9.17) is 10.5 Å². The Labute approximate surface area is 107 Å². The van der Waals surface area contributed by atoms with Gasteiger partial charge in [0.15, 0.2) is 0 Å². The number of rotatable bonds is 7. The third-order valence-electron chi connectivity index (χ3n) is 4.24. The lowest BCUT2D eigenvalue weighted by atomic mass is 9.69. The molecule has 1 rings (SSSR count). The first-order chi connectivity index (χ1) is 8.15. The van der Waals surface area contributed by atoms with E-state index >= 15 is 0 Å². The standard InChI is InChI=1S/C14H30N2O/c1-4-16(8-9-17-3)12-14(11-15)7-5-6-13(2)10-14/h13H,4-12,15H2,1-3H3. The molecule has 1 saturated carbocycles. The predicted octanol–water partition coefficient (Wildman–Crippen LogP) is 2.11. The number of nitrogens with two attached hydrogens (primary N) is 1. The SMILES string of the molecule is CCN(CCOC)CC1(CN)CCCC(C)C1. The van der Waals surface area contributed by atoms with Gasteiger partial charge in [0.1, 0.15) is 0 Å². The van der Waals surface area contributed by atoms with E-state index in [1.165, 1.54) is 25.7 Å². The lowest BCUT2D eigenvalue weighted by molar-refractivity contribution is 0.0726. The summed E-state index contributed by atoms with van der Waals surface area (Å²) >= 11 is 0. The largest absolute Gasteiger partial charge is 0.383 e. The number of methoxy groups -OCH3 is 1. The third kappa shape index (κ3) is 4.57. The molecule has 0 aromatic carbocycles. The van der Waals surface area contributed by atoms with Gasteiger partial charge < -0.3 is 15.4 Å². The Kier molecular flexibility index (Phi) is 6.45. The van der Waals surface area contributed by atoms with Crippen molar-refractivity contribution in [1.29, 1.82) is 0 Å². The summed E-state index contributed by atoms with van der Waals surface area (Å²) in [7, 11) is 1.77. The second-order valence-corrected chi connectivity index (χ2v) is 5.77. The molecule has 0 saturated heterocycles. The molecule has 1 fully saturated rings. The maximum Gasteiger partial charge on any atom is 0.0589 e. The zero-order valence-corrected chi connectivity index (χ0v) is 11.9. The molecular weight excluding hydrogens is 212 g/mol. The van der Waals surface area contributed by atoms with Crippen LogP contribution in [0.2, 0.25) is 0 Å². The van der Waals surface area contributed by atoms with Gasteiger partial charge in [-0.2, -0.15) is 0 Å². The normalized spacial score (nSPS) is 29.8. The summed E-state index contributed by atoms with van der Waals surface area (Å²) in [6.07, 6.45) is 5.33. The van der Waals surface area contributed by atoms with Gasteiger partial charge in [-0.3, -0.25) is 0 Å². The van der Waals surface area contributed by atoms with Crippen LogP contribution in [0.25, 0.3) is 0 Å². The minimum absolute atomic E-state index is 0.363. The Hall–Kier alpha value is -0.120. The lowest BCUT2D eigenvalue weighted by Crippen LogP contribution is -2.46. The van der Waals surface area contributed by atoms with Crippen LogP contribution in [0.5, 0.6) is 0 Å². The predicted molar refractivity (Wildman–Crippen MR) is 73.1 cm³/mol. The molecule has 0 aliphatic heterocycles. The summed E-state index contributed by atoms with van der Waals surface area (Å²) in [5, 5.41) is 0. The Balaban J connectivity index is 2.53. The highest BCUT2D eigenvalue weighted by atomic mass is 16.5. The van der Waals surface area contributed by atoms with Gasteiger partial charge in [0, 0.05) is 20.2 Å². The quantitative estimate of drug-likeness (QED) is 0.743. The van der Waals surface area contributed by atoms with Crippen LogP contribution in [0.1, 0.15) is 39.5 Å². The summed E-state index contributed by atoms with van der Waals surface area (Å²) < 4.78 is 5.18. The number of likely N-dealkylation sites (N-methyl/N-ethyl adjacent to an activating group) is 1. The molecule has 3 nitrogen and oxygen atoms in total. The topological polar surface area (TPSA) is 38.5 Å². The minimum Gasteiger partial charge on any atom is -0.383 e. The summed E-state index contributed by atoms with van der Waals surface area (Å²) in [6, 6.07) is 0. The monoisotopic (exact) mass is 242 g/mol. The van der Waals surface area contributed by atoms with E-state index in [0.717, 1.165) is 38.7 Å². The lowest BCUT2D eigenvalue weighted by Gasteiger charge is -2.42. The van der Waals surface area contributed by atoms with Crippen molar-refractivity contribution in [3.05, 3.63) is 0 Å². The first-order valence-corrected chi connectivity index (χ1v) is 7.07. The van der Waals surface area contributed by atoms with Crippen molar-refractivity contribution < 1.29 is 4.74 Å². The molecular formula is C14H30N2O. The first kappa shape index (κ1) is 14.9. The second kappa shape index (κ2) is 7.34. The van der Waals surface area contributed by atoms with Crippen LogP contribution in [-0.4, -0.2) is 44.8 Å². The molecule has 0 heterocycles. The van der Waals surface area contributed by atoms with E-state index in [1.54, 1.807) is 7.11 Å². The molecule has 17 heavy (non-hydrogen) atoms. The van der Waals surface area contributed by atoms with Gasteiger partial charge in [-0.25, -0.2) is 0 Å². The summed E-state index contributed by atoms with van der Waals surface area (Å²) in [5.74, 6) is 0.841. The average Bonchev–Trinajstić information content (AvgIpc) is 2.34. The van der Waals surface area contributed by atoms with Crippen molar-refractivity contribution in [2.75, 3.05) is 39.9 Å². The van der Waals surface area contributed by atoms with E-state index in [2.05, 4.69) is 18.7 Å². The van der Waals surface area contributed by atoms with Crippen molar-refractivity contribution in [2.45, 2.75) is 39.5 Å².